The van der Waals surface area contributed by atoms with Crippen LogP contribution in [0, 0.1) is 13.8 Å². The Morgan fingerprint density at radius 3 is 2.46 bits per heavy atom. The molecule has 1 heterocycles. The number of piperazine rings is 1. The predicted octanol–water partition coefficient (Wildman–Crippen LogP) is 3.25. The molecular formula is C22H29N3O. The number of carbonyl (C=O) groups is 1. The first-order valence-electron chi connectivity index (χ1n) is 9.51. The van der Waals surface area contributed by atoms with Gasteiger partial charge < -0.3 is 10.2 Å². The molecule has 1 amide bonds. The van der Waals surface area contributed by atoms with E-state index in [0.717, 1.165) is 62.4 Å². The number of nitrogens with one attached hydrogen (secondary N) is 1. The molecule has 0 unspecified atom stereocenters. The van der Waals surface area contributed by atoms with Crippen LogP contribution in [-0.2, 0) is 0 Å². The van der Waals surface area contributed by atoms with E-state index >= 15 is 0 Å². The summed E-state index contributed by atoms with van der Waals surface area (Å²) in [5.74, 6) is 0.0418. The third-order valence-electron chi connectivity index (χ3n) is 5.07. The van der Waals surface area contributed by atoms with Crippen molar-refractivity contribution >= 4 is 11.6 Å². The Morgan fingerprint density at radius 2 is 1.73 bits per heavy atom. The van der Waals surface area contributed by atoms with Crippen molar-refractivity contribution in [3.05, 3.63) is 65.2 Å². The van der Waals surface area contributed by atoms with Crippen LogP contribution in [0.1, 0.15) is 27.9 Å². The number of para-hydroxylation sites is 1. The van der Waals surface area contributed by atoms with Crippen molar-refractivity contribution in [2.24, 2.45) is 0 Å². The quantitative estimate of drug-likeness (QED) is 0.812. The maximum absolute atomic E-state index is 12.3. The molecule has 2 aromatic rings. The molecule has 4 heteroatoms. The van der Waals surface area contributed by atoms with Crippen molar-refractivity contribution in [2.45, 2.75) is 20.3 Å². The highest BCUT2D eigenvalue weighted by atomic mass is 16.1. The summed E-state index contributed by atoms with van der Waals surface area (Å²) in [5, 5.41) is 3.07. The van der Waals surface area contributed by atoms with E-state index in [1.807, 2.05) is 32.0 Å². The largest absolute Gasteiger partial charge is 0.369 e. The lowest BCUT2D eigenvalue weighted by Crippen LogP contribution is -2.47. The topological polar surface area (TPSA) is 35.6 Å². The second-order valence-electron chi connectivity index (χ2n) is 7.09. The smallest absolute Gasteiger partial charge is 0.251 e. The first-order valence-corrected chi connectivity index (χ1v) is 9.51. The highest BCUT2D eigenvalue weighted by Gasteiger charge is 2.16. The molecule has 138 valence electrons. The normalized spacial score (nSPS) is 15.1. The molecule has 0 radical (unpaired) electrons. The van der Waals surface area contributed by atoms with Crippen LogP contribution in [0.5, 0.6) is 0 Å². The van der Waals surface area contributed by atoms with Crippen molar-refractivity contribution in [1.29, 1.82) is 0 Å². The van der Waals surface area contributed by atoms with Crippen LogP contribution in [0.2, 0.25) is 0 Å². The SMILES string of the molecule is Cc1ccc(C)c(C(=O)NCCCN2CCN(c3ccccc3)CC2)c1. The van der Waals surface area contributed by atoms with Gasteiger partial charge in [0.1, 0.15) is 0 Å². The zero-order valence-corrected chi connectivity index (χ0v) is 15.9. The lowest BCUT2D eigenvalue weighted by Gasteiger charge is -2.36. The Morgan fingerprint density at radius 1 is 1.00 bits per heavy atom. The van der Waals surface area contributed by atoms with Gasteiger partial charge in [0.05, 0.1) is 0 Å². The lowest BCUT2D eigenvalue weighted by molar-refractivity contribution is 0.0950. The number of aryl methyl sites for hydroxylation is 2. The van der Waals surface area contributed by atoms with Crippen molar-refractivity contribution < 1.29 is 4.79 Å². The molecule has 0 atom stereocenters. The number of rotatable bonds is 6. The maximum atomic E-state index is 12.3. The highest BCUT2D eigenvalue weighted by molar-refractivity contribution is 5.95. The van der Waals surface area contributed by atoms with Crippen molar-refractivity contribution in [3.63, 3.8) is 0 Å². The summed E-state index contributed by atoms with van der Waals surface area (Å²) in [7, 11) is 0. The van der Waals surface area contributed by atoms with Crippen LogP contribution in [0.4, 0.5) is 5.69 Å². The molecule has 26 heavy (non-hydrogen) atoms. The van der Waals surface area contributed by atoms with Crippen LogP contribution < -0.4 is 10.2 Å². The van der Waals surface area contributed by atoms with Gasteiger partial charge in [0.25, 0.3) is 5.91 Å². The van der Waals surface area contributed by atoms with Crippen molar-refractivity contribution in [2.75, 3.05) is 44.2 Å². The van der Waals surface area contributed by atoms with Gasteiger partial charge in [-0.15, -0.1) is 0 Å². The minimum absolute atomic E-state index is 0.0418. The predicted molar refractivity (Wildman–Crippen MR) is 108 cm³/mol. The molecule has 0 bridgehead atoms. The molecule has 1 aliphatic rings. The van der Waals surface area contributed by atoms with Gasteiger partial charge in [-0.2, -0.15) is 0 Å². The fourth-order valence-corrected chi connectivity index (χ4v) is 3.45. The molecule has 0 aliphatic carbocycles. The van der Waals surface area contributed by atoms with Crippen LogP contribution >= 0.6 is 0 Å². The molecule has 0 saturated carbocycles. The van der Waals surface area contributed by atoms with E-state index in [9.17, 15) is 4.79 Å². The summed E-state index contributed by atoms with van der Waals surface area (Å²) < 4.78 is 0. The van der Waals surface area contributed by atoms with Gasteiger partial charge in [-0.1, -0.05) is 35.9 Å². The standard InChI is InChI=1S/C22H29N3O/c1-18-9-10-19(2)21(17-18)22(26)23-11-6-12-24-13-15-25(16-14-24)20-7-4-3-5-8-20/h3-5,7-10,17H,6,11-16H2,1-2H3,(H,23,26). The van der Waals surface area contributed by atoms with Gasteiger partial charge in [-0.25, -0.2) is 0 Å². The highest BCUT2D eigenvalue weighted by Crippen LogP contribution is 2.15. The number of carbonyl (C=O) groups excluding carboxylic acids is 1. The molecule has 0 aromatic heterocycles. The Hall–Kier alpha value is -2.33. The molecule has 3 rings (SSSR count). The van der Waals surface area contributed by atoms with Crippen molar-refractivity contribution in [1.82, 2.24) is 10.2 Å². The van der Waals surface area contributed by atoms with Crippen LogP contribution in [0.15, 0.2) is 48.5 Å². The van der Waals surface area contributed by atoms with E-state index in [-0.39, 0.29) is 5.91 Å². The first kappa shape index (κ1) is 18.5. The molecule has 1 aliphatic heterocycles. The molecular weight excluding hydrogens is 322 g/mol. The molecule has 1 N–H and O–H groups in total. The third-order valence-corrected chi connectivity index (χ3v) is 5.07. The van der Waals surface area contributed by atoms with E-state index in [1.54, 1.807) is 0 Å². The lowest BCUT2D eigenvalue weighted by atomic mass is 10.1. The Kier molecular flexibility index (Phi) is 6.29. The second-order valence-corrected chi connectivity index (χ2v) is 7.09. The van der Waals surface area contributed by atoms with E-state index in [1.165, 1.54) is 5.69 Å². The van der Waals surface area contributed by atoms with Crippen LogP contribution in [0.3, 0.4) is 0 Å². The summed E-state index contributed by atoms with van der Waals surface area (Å²) in [5.41, 5.74) is 4.26. The van der Waals surface area contributed by atoms with Crippen molar-refractivity contribution in [3.8, 4) is 0 Å². The molecule has 4 nitrogen and oxygen atoms in total. The molecule has 1 saturated heterocycles. The zero-order valence-electron chi connectivity index (χ0n) is 15.9. The van der Waals surface area contributed by atoms with Gasteiger partial charge in [0, 0.05) is 44.0 Å². The van der Waals surface area contributed by atoms with E-state index < -0.39 is 0 Å². The first-order chi connectivity index (χ1) is 12.6. The second kappa shape index (κ2) is 8.86. The minimum Gasteiger partial charge on any atom is -0.369 e. The summed E-state index contributed by atoms with van der Waals surface area (Å²) in [6, 6.07) is 16.6. The molecule has 2 aromatic carbocycles. The molecule has 1 fully saturated rings. The summed E-state index contributed by atoms with van der Waals surface area (Å²) >= 11 is 0. The Bertz CT molecular complexity index is 721. The Balaban J connectivity index is 1.37. The fraction of sp³-hybridized carbons (Fsp3) is 0.409. The summed E-state index contributed by atoms with van der Waals surface area (Å²) in [6.45, 7) is 10.1. The van der Waals surface area contributed by atoms with Crippen LogP contribution in [-0.4, -0.2) is 50.1 Å². The minimum atomic E-state index is 0.0418. The van der Waals surface area contributed by atoms with Gasteiger partial charge in [-0.05, 0) is 50.6 Å². The molecule has 0 spiro atoms. The fourth-order valence-electron chi connectivity index (χ4n) is 3.45. The zero-order chi connectivity index (χ0) is 18.4. The average molecular weight is 351 g/mol. The number of anilines is 1. The number of benzene rings is 2. The monoisotopic (exact) mass is 351 g/mol. The number of hydrogen-bond acceptors (Lipinski definition) is 3. The third kappa shape index (κ3) is 4.85. The van der Waals surface area contributed by atoms with Crippen LogP contribution in [0.25, 0.3) is 0 Å². The van der Waals surface area contributed by atoms with E-state index in [2.05, 4.69) is 45.4 Å². The van der Waals surface area contributed by atoms with Gasteiger partial charge >= 0.3 is 0 Å². The van der Waals surface area contributed by atoms with E-state index in [4.69, 9.17) is 0 Å². The average Bonchev–Trinajstić information content (AvgIpc) is 2.68. The summed E-state index contributed by atoms with van der Waals surface area (Å²) in [4.78, 5) is 17.3. The number of hydrogen-bond donors (Lipinski definition) is 1. The van der Waals surface area contributed by atoms with Gasteiger partial charge in [0.2, 0.25) is 0 Å². The summed E-state index contributed by atoms with van der Waals surface area (Å²) in [6.07, 6.45) is 0.988. The van der Waals surface area contributed by atoms with E-state index in [0.29, 0.717) is 0 Å². The number of amides is 1. The van der Waals surface area contributed by atoms with Gasteiger partial charge in [-0.3, -0.25) is 9.69 Å². The maximum Gasteiger partial charge on any atom is 0.251 e. The van der Waals surface area contributed by atoms with Gasteiger partial charge in [0.15, 0.2) is 0 Å². The Labute approximate surface area is 156 Å². The number of nitrogens with zero attached hydrogens (tertiary/aromatic N) is 2.